The fourth-order valence-electron chi connectivity index (χ4n) is 5.75. The maximum atomic E-state index is 13.5. The first-order valence-electron chi connectivity index (χ1n) is 15.9. The van der Waals surface area contributed by atoms with Gasteiger partial charge in [-0.2, -0.15) is 5.10 Å². The average molecular weight is 630 g/mol. The fourth-order valence-corrected chi connectivity index (χ4v) is 5.75. The van der Waals surface area contributed by atoms with Gasteiger partial charge in [0.1, 0.15) is 18.3 Å². The predicted molar refractivity (Wildman–Crippen MR) is 174 cm³/mol. The minimum absolute atomic E-state index is 0.00475. The lowest BCUT2D eigenvalue weighted by Crippen LogP contribution is -2.44. The molecular formula is C34H43N7O5. The molecule has 46 heavy (non-hydrogen) atoms. The van der Waals surface area contributed by atoms with Crippen LogP contribution >= 0.6 is 0 Å². The molecule has 0 saturated heterocycles. The van der Waals surface area contributed by atoms with Crippen LogP contribution in [0, 0.1) is 12.8 Å². The van der Waals surface area contributed by atoms with Gasteiger partial charge in [0, 0.05) is 42.2 Å². The van der Waals surface area contributed by atoms with Crippen LogP contribution in [0.15, 0.2) is 48.7 Å². The van der Waals surface area contributed by atoms with Gasteiger partial charge in [0.05, 0.1) is 26.2 Å². The molecule has 2 aromatic carbocycles. The van der Waals surface area contributed by atoms with Crippen LogP contribution in [0.5, 0.6) is 11.5 Å². The number of para-hydroxylation sites is 1. The molecule has 0 radical (unpaired) electrons. The van der Waals surface area contributed by atoms with Gasteiger partial charge in [-0.25, -0.2) is 9.67 Å². The lowest BCUT2D eigenvalue weighted by Gasteiger charge is -2.26. The van der Waals surface area contributed by atoms with Crippen LogP contribution in [0.1, 0.15) is 66.7 Å². The number of hydrogen-bond acceptors (Lipinski definition) is 7. The molecule has 0 spiro atoms. The zero-order valence-corrected chi connectivity index (χ0v) is 27.0. The normalized spacial score (nSPS) is 16.6. The van der Waals surface area contributed by atoms with Crippen molar-refractivity contribution >= 4 is 28.6 Å². The molecule has 0 unspecified atom stereocenters. The van der Waals surface area contributed by atoms with Gasteiger partial charge < -0.3 is 30.0 Å². The number of hydrogen-bond donors (Lipinski definition) is 3. The van der Waals surface area contributed by atoms with Crippen LogP contribution in [-0.2, 0) is 22.6 Å². The first kappa shape index (κ1) is 32.5. The van der Waals surface area contributed by atoms with Crippen LogP contribution in [-0.4, -0.2) is 75.7 Å². The summed E-state index contributed by atoms with van der Waals surface area (Å²) in [6, 6.07) is 12.7. The molecule has 1 aliphatic rings. The Morgan fingerprint density at radius 3 is 2.78 bits per heavy atom. The van der Waals surface area contributed by atoms with Crippen LogP contribution in [0.2, 0.25) is 0 Å². The van der Waals surface area contributed by atoms with E-state index in [1.807, 2.05) is 38.2 Å². The van der Waals surface area contributed by atoms with E-state index in [1.165, 1.54) is 0 Å². The van der Waals surface area contributed by atoms with Crippen LogP contribution in [0.3, 0.4) is 0 Å². The Morgan fingerprint density at radius 2 is 1.98 bits per heavy atom. The number of H-pyrrole nitrogens is 1. The molecule has 12 nitrogen and oxygen atoms in total. The van der Waals surface area contributed by atoms with Crippen LogP contribution in [0.25, 0.3) is 10.9 Å². The molecule has 0 aliphatic carbocycles. The number of fused-ring (bicyclic) bond motifs is 4. The Hall–Kier alpha value is -4.87. The lowest BCUT2D eigenvalue weighted by atomic mass is 10.0. The van der Waals surface area contributed by atoms with Crippen molar-refractivity contribution in [2.45, 2.75) is 59.0 Å². The molecular weight excluding hydrogens is 586 g/mol. The summed E-state index contributed by atoms with van der Waals surface area (Å²) in [5, 5.41) is 11.7. The molecule has 3 N–H and O–H groups in total. The molecule has 3 amide bonds. The number of amides is 3. The maximum absolute atomic E-state index is 13.5. The zero-order chi connectivity index (χ0) is 32.6. The number of nitrogens with zero attached hydrogens (tertiary/aromatic N) is 4. The highest BCUT2D eigenvalue weighted by atomic mass is 16.5. The van der Waals surface area contributed by atoms with Crippen molar-refractivity contribution in [1.82, 2.24) is 35.3 Å². The molecule has 1 aliphatic heterocycles. The van der Waals surface area contributed by atoms with Crippen molar-refractivity contribution in [2.75, 3.05) is 33.4 Å². The second-order valence-electron chi connectivity index (χ2n) is 11.9. The summed E-state index contributed by atoms with van der Waals surface area (Å²) in [7, 11) is 1.55. The molecule has 5 rings (SSSR count). The molecule has 0 saturated carbocycles. The second kappa shape index (κ2) is 14.9. The van der Waals surface area contributed by atoms with Gasteiger partial charge in [0.25, 0.3) is 5.91 Å². The maximum Gasteiger partial charge on any atom is 0.251 e. The Labute approximate surface area is 268 Å². The minimum atomic E-state index is -0.427. The number of rotatable bonds is 6. The van der Waals surface area contributed by atoms with E-state index in [0.29, 0.717) is 67.6 Å². The number of methoxy groups -OCH3 is 1. The molecule has 0 fully saturated rings. The molecule has 2 bridgehead atoms. The van der Waals surface area contributed by atoms with Crippen molar-refractivity contribution in [3.8, 4) is 11.5 Å². The van der Waals surface area contributed by atoms with E-state index in [2.05, 4.69) is 31.8 Å². The Bertz CT molecular complexity index is 1680. The van der Waals surface area contributed by atoms with Crippen molar-refractivity contribution in [3.05, 3.63) is 71.4 Å². The van der Waals surface area contributed by atoms with E-state index in [0.717, 1.165) is 22.9 Å². The van der Waals surface area contributed by atoms with Crippen molar-refractivity contribution in [3.63, 3.8) is 0 Å². The smallest absolute Gasteiger partial charge is 0.251 e. The largest absolute Gasteiger partial charge is 0.493 e. The fraction of sp³-hybridized carbons (Fsp3) is 0.441. The van der Waals surface area contributed by atoms with Gasteiger partial charge in [-0.3, -0.25) is 14.4 Å². The van der Waals surface area contributed by atoms with E-state index < -0.39 is 6.04 Å². The standard InChI is InChI=1S/C34H43N7O5/c1-22(2)32-33-37-23(3)39-41(33)17-18-46-29-19-24(13-14-28(29)45-4)34(44)35-15-8-16-40(21-30(42)38-32)31(43)12-7-9-25-20-36-27-11-6-5-10-26(25)27/h5-6,10-11,13-14,19-20,22,32,36H,7-9,12,15-18,21H2,1-4H3,(H,35,44)(H,38,42)/t32-/m0/s1. The number of ether oxygens (including phenoxy) is 2. The number of aromatic amines is 1. The van der Waals surface area contributed by atoms with Gasteiger partial charge in [-0.15, -0.1) is 0 Å². The van der Waals surface area contributed by atoms with Crippen molar-refractivity contribution in [2.24, 2.45) is 5.92 Å². The summed E-state index contributed by atoms with van der Waals surface area (Å²) in [6.45, 7) is 6.96. The van der Waals surface area contributed by atoms with Gasteiger partial charge in [0.2, 0.25) is 11.8 Å². The molecule has 244 valence electrons. The van der Waals surface area contributed by atoms with E-state index in [1.54, 1.807) is 41.8 Å². The Balaban J connectivity index is 1.34. The summed E-state index contributed by atoms with van der Waals surface area (Å²) >= 11 is 0. The highest BCUT2D eigenvalue weighted by molar-refractivity contribution is 5.95. The van der Waals surface area contributed by atoms with Gasteiger partial charge in [-0.05, 0) is 61.9 Å². The Kier molecular flexibility index (Phi) is 10.6. The van der Waals surface area contributed by atoms with Gasteiger partial charge in [0.15, 0.2) is 11.5 Å². The van der Waals surface area contributed by atoms with Crippen molar-refractivity contribution in [1.29, 1.82) is 0 Å². The highest BCUT2D eigenvalue weighted by Gasteiger charge is 2.27. The SMILES string of the molecule is COc1ccc2cc1OCCn1nc(C)nc1[C@H](C(C)C)NC(=O)CN(C(=O)CCCc1c[nH]c3ccccc13)CCCNC2=O. The minimum Gasteiger partial charge on any atom is -0.493 e. The number of aromatic nitrogens is 4. The van der Waals surface area contributed by atoms with Gasteiger partial charge >= 0.3 is 0 Å². The van der Waals surface area contributed by atoms with Crippen LogP contribution < -0.4 is 20.1 Å². The number of benzene rings is 2. The summed E-state index contributed by atoms with van der Waals surface area (Å²) in [5.74, 6) is 1.48. The monoisotopic (exact) mass is 629 g/mol. The van der Waals surface area contributed by atoms with Crippen LogP contribution in [0.4, 0.5) is 0 Å². The number of carbonyl (C=O) groups excluding carboxylic acids is 3. The summed E-state index contributed by atoms with van der Waals surface area (Å²) < 4.78 is 13.2. The van der Waals surface area contributed by atoms with E-state index in [9.17, 15) is 14.4 Å². The first-order chi connectivity index (χ1) is 22.2. The summed E-state index contributed by atoms with van der Waals surface area (Å²) in [5.41, 5.74) is 2.66. The molecule has 3 heterocycles. The van der Waals surface area contributed by atoms with Gasteiger partial charge in [-0.1, -0.05) is 32.0 Å². The number of carbonyl (C=O) groups is 3. The molecule has 12 heteroatoms. The summed E-state index contributed by atoms with van der Waals surface area (Å²) in [4.78, 5) is 49.5. The predicted octanol–water partition coefficient (Wildman–Crippen LogP) is 3.95. The van der Waals surface area contributed by atoms with E-state index >= 15 is 0 Å². The third-order valence-corrected chi connectivity index (χ3v) is 8.14. The lowest BCUT2D eigenvalue weighted by molar-refractivity contribution is -0.136. The topological polar surface area (TPSA) is 143 Å². The summed E-state index contributed by atoms with van der Waals surface area (Å²) in [6.07, 6.45) is 4.16. The number of aryl methyl sites for hydroxylation is 2. The average Bonchev–Trinajstić information content (AvgIpc) is 3.63. The third-order valence-electron chi connectivity index (χ3n) is 8.14. The Morgan fingerprint density at radius 1 is 1.15 bits per heavy atom. The molecule has 2 aromatic heterocycles. The molecule has 4 aromatic rings. The third kappa shape index (κ3) is 7.85. The van der Waals surface area contributed by atoms with Crippen molar-refractivity contribution < 1.29 is 23.9 Å². The highest BCUT2D eigenvalue weighted by Crippen LogP contribution is 2.28. The van der Waals surface area contributed by atoms with E-state index in [-0.39, 0.29) is 36.8 Å². The quantitative estimate of drug-likeness (QED) is 0.293. The van der Waals surface area contributed by atoms with E-state index in [4.69, 9.17) is 9.47 Å². The second-order valence-corrected chi connectivity index (χ2v) is 11.9. The number of nitrogens with one attached hydrogen (secondary N) is 3. The first-order valence-corrected chi connectivity index (χ1v) is 15.9. The molecule has 1 atom stereocenters. The zero-order valence-electron chi connectivity index (χ0n) is 27.0.